The Balaban J connectivity index is 1.47. The monoisotopic (exact) mass is 350 g/mol. The van der Waals surface area contributed by atoms with Crippen molar-refractivity contribution >= 4 is 28.3 Å². The van der Waals surface area contributed by atoms with Crippen LogP contribution in [0, 0.1) is 0 Å². The minimum Gasteiger partial charge on any atom is -0.449 e. The number of carbonyl (C=O) groups excluding carboxylic acids is 1. The number of hydrogen-bond donors (Lipinski definition) is 0. The van der Waals surface area contributed by atoms with Crippen LogP contribution in [-0.4, -0.2) is 17.3 Å². The topological polar surface area (TPSA) is 35.5 Å². The molecule has 0 saturated heterocycles. The van der Waals surface area contributed by atoms with Gasteiger partial charge >= 0.3 is 0 Å². The fourth-order valence-corrected chi connectivity index (χ4v) is 3.72. The van der Waals surface area contributed by atoms with Crippen LogP contribution in [0.5, 0.6) is 11.5 Å². The number of ether oxygens (including phenoxy) is 2. The lowest BCUT2D eigenvalue weighted by Gasteiger charge is -2.16. The second-order valence-electron chi connectivity index (χ2n) is 6.49. The summed E-state index contributed by atoms with van der Waals surface area (Å²) >= 11 is 1.55. The number of ketones is 1. The third-order valence-corrected chi connectivity index (χ3v) is 5.06. The van der Waals surface area contributed by atoms with Gasteiger partial charge in [-0.3, -0.25) is 4.79 Å². The molecule has 4 heteroatoms. The molecular formula is C21H18O3S. The van der Waals surface area contributed by atoms with Crippen LogP contribution >= 0.6 is 11.8 Å². The van der Waals surface area contributed by atoms with Crippen LogP contribution < -0.4 is 9.47 Å². The Labute approximate surface area is 151 Å². The number of carbonyl (C=O) groups is 1. The summed E-state index contributed by atoms with van der Waals surface area (Å²) in [6.45, 7) is 3.70. The van der Waals surface area contributed by atoms with Crippen molar-refractivity contribution in [1.82, 2.24) is 0 Å². The Morgan fingerprint density at radius 1 is 0.920 bits per heavy atom. The highest BCUT2D eigenvalue weighted by atomic mass is 32.2. The van der Waals surface area contributed by atoms with E-state index in [9.17, 15) is 4.79 Å². The van der Waals surface area contributed by atoms with E-state index in [1.54, 1.807) is 30.0 Å². The molecule has 0 bridgehead atoms. The number of rotatable bonds is 4. The predicted molar refractivity (Wildman–Crippen MR) is 101 cm³/mol. The van der Waals surface area contributed by atoms with Gasteiger partial charge in [-0.2, -0.15) is 0 Å². The Kier molecular flexibility index (Phi) is 3.92. The van der Waals surface area contributed by atoms with Crippen LogP contribution in [0.3, 0.4) is 0 Å². The van der Waals surface area contributed by atoms with Gasteiger partial charge in [0.15, 0.2) is 17.3 Å². The zero-order valence-electron chi connectivity index (χ0n) is 14.1. The fraction of sp³-hybridized carbons (Fsp3) is 0.190. The molecule has 3 aromatic rings. The first-order valence-corrected chi connectivity index (χ1v) is 9.16. The van der Waals surface area contributed by atoms with Crippen molar-refractivity contribution in [2.75, 3.05) is 5.75 Å². The zero-order valence-corrected chi connectivity index (χ0v) is 14.9. The molecule has 4 rings (SSSR count). The zero-order chi connectivity index (χ0) is 17.4. The Morgan fingerprint density at radius 2 is 1.68 bits per heavy atom. The summed E-state index contributed by atoms with van der Waals surface area (Å²) in [5.74, 6) is 1.11. The predicted octanol–water partition coefficient (Wildman–Crippen LogP) is 5.32. The molecule has 0 spiro atoms. The Morgan fingerprint density at radius 3 is 2.52 bits per heavy atom. The molecule has 3 nitrogen and oxygen atoms in total. The van der Waals surface area contributed by atoms with Gasteiger partial charge in [0.1, 0.15) is 0 Å². The second kappa shape index (κ2) is 6.12. The highest BCUT2D eigenvalue weighted by Gasteiger charge is 2.32. The van der Waals surface area contributed by atoms with Gasteiger partial charge in [-0.25, -0.2) is 0 Å². The molecule has 0 saturated carbocycles. The average Bonchev–Trinajstić information content (AvgIpc) is 2.92. The lowest BCUT2D eigenvalue weighted by molar-refractivity contribution is -0.0431. The van der Waals surface area contributed by atoms with Crippen molar-refractivity contribution in [3.63, 3.8) is 0 Å². The number of fused-ring (bicyclic) bond motifs is 2. The number of Topliss-reactive ketones (excluding diaryl/α,β-unsaturated/α-hetero) is 1. The summed E-state index contributed by atoms with van der Waals surface area (Å²) in [5, 5.41) is 2.39. The van der Waals surface area contributed by atoms with Crippen LogP contribution in [0.25, 0.3) is 10.8 Å². The normalized spacial score (nSPS) is 14.6. The van der Waals surface area contributed by atoms with E-state index in [2.05, 4.69) is 30.3 Å². The minimum atomic E-state index is -0.677. The SMILES string of the molecule is CC1(C)Oc2ccc(C(=O)CSc3ccc4ccccc4c3)cc2O1. The number of benzene rings is 3. The summed E-state index contributed by atoms with van der Waals surface area (Å²) in [5.41, 5.74) is 0.647. The van der Waals surface area contributed by atoms with Crippen LogP contribution in [0.4, 0.5) is 0 Å². The molecule has 0 radical (unpaired) electrons. The van der Waals surface area contributed by atoms with Gasteiger partial charge in [0.05, 0.1) is 5.75 Å². The maximum Gasteiger partial charge on any atom is 0.246 e. The molecule has 0 atom stereocenters. The van der Waals surface area contributed by atoms with Crippen LogP contribution in [-0.2, 0) is 0 Å². The minimum absolute atomic E-state index is 0.0780. The van der Waals surface area contributed by atoms with Crippen molar-refractivity contribution in [3.05, 3.63) is 66.2 Å². The molecule has 0 aromatic heterocycles. The average molecular weight is 350 g/mol. The van der Waals surface area contributed by atoms with E-state index in [-0.39, 0.29) is 5.78 Å². The number of hydrogen-bond acceptors (Lipinski definition) is 4. The smallest absolute Gasteiger partial charge is 0.246 e. The highest BCUT2D eigenvalue weighted by Crippen LogP contribution is 2.39. The summed E-state index contributed by atoms with van der Waals surface area (Å²) in [6, 6.07) is 19.9. The maximum atomic E-state index is 12.5. The molecule has 1 heterocycles. The third kappa shape index (κ3) is 3.35. The Hall–Kier alpha value is -2.46. The van der Waals surface area contributed by atoms with E-state index in [4.69, 9.17) is 9.47 Å². The molecule has 0 amide bonds. The second-order valence-corrected chi connectivity index (χ2v) is 7.54. The summed E-state index contributed by atoms with van der Waals surface area (Å²) in [7, 11) is 0. The standard InChI is InChI=1S/C21H18O3S/c1-21(2)23-19-10-8-16(12-20(19)24-21)18(22)13-25-17-9-7-14-5-3-4-6-15(14)11-17/h3-12H,13H2,1-2H3. The first kappa shape index (κ1) is 16.0. The molecule has 3 aromatic carbocycles. The molecule has 0 fully saturated rings. The molecule has 25 heavy (non-hydrogen) atoms. The van der Waals surface area contributed by atoms with Crippen molar-refractivity contribution in [1.29, 1.82) is 0 Å². The van der Waals surface area contributed by atoms with Gasteiger partial charge in [-0.05, 0) is 41.1 Å². The maximum absolute atomic E-state index is 12.5. The van der Waals surface area contributed by atoms with E-state index in [0.29, 0.717) is 22.8 Å². The van der Waals surface area contributed by atoms with E-state index in [1.807, 2.05) is 26.0 Å². The third-order valence-electron chi connectivity index (χ3n) is 4.07. The first-order chi connectivity index (χ1) is 12.0. The van der Waals surface area contributed by atoms with Crippen LogP contribution in [0.1, 0.15) is 24.2 Å². The lowest BCUT2D eigenvalue weighted by atomic mass is 10.1. The molecule has 1 aliphatic rings. The van der Waals surface area contributed by atoms with Crippen LogP contribution in [0.15, 0.2) is 65.6 Å². The van der Waals surface area contributed by atoms with Crippen LogP contribution in [0.2, 0.25) is 0 Å². The molecule has 0 N–H and O–H groups in total. The van der Waals surface area contributed by atoms with Gasteiger partial charge in [-0.15, -0.1) is 11.8 Å². The molecule has 0 aliphatic carbocycles. The van der Waals surface area contributed by atoms with E-state index >= 15 is 0 Å². The molecule has 0 unspecified atom stereocenters. The van der Waals surface area contributed by atoms with E-state index < -0.39 is 5.79 Å². The summed E-state index contributed by atoms with van der Waals surface area (Å²) in [4.78, 5) is 13.6. The van der Waals surface area contributed by atoms with Gasteiger partial charge in [0, 0.05) is 24.3 Å². The van der Waals surface area contributed by atoms with Gasteiger partial charge in [0.2, 0.25) is 5.79 Å². The van der Waals surface area contributed by atoms with Gasteiger partial charge < -0.3 is 9.47 Å². The van der Waals surface area contributed by atoms with Crippen molar-refractivity contribution in [2.24, 2.45) is 0 Å². The molecule has 1 aliphatic heterocycles. The molecular weight excluding hydrogens is 332 g/mol. The van der Waals surface area contributed by atoms with Gasteiger partial charge in [-0.1, -0.05) is 30.3 Å². The fourth-order valence-electron chi connectivity index (χ4n) is 2.89. The van der Waals surface area contributed by atoms with E-state index in [1.165, 1.54) is 10.8 Å². The van der Waals surface area contributed by atoms with Crippen molar-refractivity contribution in [3.8, 4) is 11.5 Å². The number of thioether (sulfide) groups is 1. The Bertz CT molecular complexity index is 962. The van der Waals surface area contributed by atoms with Crippen molar-refractivity contribution < 1.29 is 14.3 Å². The summed E-state index contributed by atoms with van der Waals surface area (Å²) < 4.78 is 11.4. The molecule has 126 valence electrons. The highest BCUT2D eigenvalue weighted by molar-refractivity contribution is 8.00. The summed E-state index contributed by atoms with van der Waals surface area (Å²) in [6.07, 6.45) is 0. The largest absolute Gasteiger partial charge is 0.449 e. The lowest BCUT2D eigenvalue weighted by Crippen LogP contribution is -2.29. The quantitative estimate of drug-likeness (QED) is 0.471. The van der Waals surface area contributed by atoms with E-state index in [0.717, 1.165) is 4.90 Å². The first-order valence-electron chi connectivity index (χ1n) is 8.17. The van der Waals surface area contributed by atoms with Crippen molar-refractivity contribution in [2.45, 2.75) is 24.5 Å². The van der Waals surface area contributed by atoms with Gasteiger partial charge in [0.25, 0.3) is 0 Å².